The molecule has 5 heteroatoms. The van der Waals surface area contributed by atoms with Crippen LogP contribution in [0.25, 0.3) is 11.3 Å². The third-order valence-corrected chi connectivity index (χ3v) is 5.80. The molecule has 4 rings (SSSR count). The molecule has 1 aromatic heterocycles. The van der Waals surface area contributed by atoms with E-state index in [9.17, 15) is 9.90 Å². The van der Waals surface area contributed by atoms with E-state index in [2.05, 4.69) is 49.3 Å². The molecule has 33 heavy (non-hydrogen) atoms. The van der Waals surface area contributed by atoms with Crippen LogP contribution in [0.1, 0.15) is 66.0 Å². The number of carboxylic acids is 1. The number of fused-ring (bicyclic) bond motifs is 1. The number of carboxylic acid groups (broad SMARTS) is 1. The van der Waals surface area contributed by atoms with Crippen LogP contribution in [-0.2, 0) is 0 Å². The monoisotopic (exact) mass is 440 g/mol. The molecule has 0 fully saturated rings. The average Bonchev–Trinajstić information content (AvgIpc) is 2.81. The Morgan fingerprint density at radius 3 is 2.61 bits per heavy atom. The summed E-state index contributed by atoms with van der Waals surface area (Å²) in [4.78, 5) is 16.2. The number of para-hydroxylation sites is 1. The maximum absolute atomic E-state index is 11.7. The number of hydrogen-bond donors (Lipinski definition) is 2. The lowest BCUT2D eigenvalue weighted by Gasteiger charge is -2.29. The van der Waals surface area contributed by atoms with Crippen molar-refractivity contribution in [3.8, 4) is 5.75 Å². The Bertz CT molecular complexity index is 1260. The number of nitrogens with one attached hydrogen (secondary N) is 1. The summed E-state index contributed by atoms with van der Waals surface area (Å²) in [6, 6.07) is 16.8. The molecule has 2 heterocycles. The van der Waals surface area contributed by atoms with E-state index in [1.54, 1.807) is 24.4 Å². The van der Waals surface area contributed by atoms with Crippen LogP contribution in [-0.4, -0.2) is 16.1 Å². The molecule has 5 nitrogen and oxygen atoms in total. The number of allylic oxidation sites excluding steroid dienone is 3. The first kappa shape index (κ1) is 22.3. The van der Waals surface area contributed by atoms with Crippen molar-refractivity contribution in [3.63, 3.8) is 0 Å². The van der Waals surface area contributed by atoms with E-state index in [0.717, 1.165) is 51.5 Å². The maximum Gasteiger partial charge on any atom is 0.337 e. The van der Waals surface area contributed by atoms with Crippen LogP contribution in [0.3, 0.4) is 0 Å². The number of nitrogens with zero attached hydrogens (tertiary/aromatic N) is 1. The first-order valence-electron chi connectivity index (χ1n) is 11.1. The van der Waals surface area contributed by atoms with Crippen LogP contribution in [0.15, 0.2) is 72.4 Å². The summed E-state index contributed by atoms with van der Waals surface area (Å²) in [6.45, 7) is 8.28. The van der Waals surface area contributed by atoms with Crippen LogP contribution in [0, 0.1) is 6.92 Å². The lowest BCUT2D eigenvalue weighted by molar-refractivity contribution is 0.0698. The molecule has 0 radical (unpaired) electrons. The molecular formula is C28H28N2O3. The van der Waals surface area contributed by atoms with Gasteiger partial charge in [-0.05, 0) is 68.7 Å². The van der Waals surface area contributed by atoms with Gasteiger partial charge in [-0.25, -0.2) is 4.79 Å². The number of aromatic carboxylic acids is 1. The molecular weight excluding hydrogens is 412 g/mol. The number of aryl methyl sites for hydroxylation is 1. The minimum absolute atomic E-state index is 0.189. The van der Waals surface area contributed by atoms with E-state index in [1.165, 1.54) is 0 Å². The Balaban J connectivity index is 1.83. The number of anilines is 1. The van der Waals surface area contributed by atoms with Crippen LogP contribution in [0.4, 0.5) is 5.69 Å². The first-order chi connectivity index (χ1) is 15.9. The number of rotatable bonds is 6. The number of hydrogen-bond acceptors (Lipinski definition) is 4. The van der Waals surface area contributed by atoms with Crippen molar-refractivity contribution >= 4 is 23.0 Å². The zero-order valence-electron chi connectivity index (χ0n) is 19.3. The number of pyridine rings is 1. The van der Waals surface area contributed by atoms with Crippen molar-refractivity contribution in [2.24, 2.45) is 0 Å². The zero-order chi connectivity index (χ0) is 23.5. The molecule has 0 aliphatic carbocycles. The van der Waals surface area contributed by atoms with Gasteiger partial charge < -0.3 is 15.2 Å². The number of carbonyl (C=O) groups is 1. The lowest BCUT2D eigenvalue weighted by atomic mass is 9.88. The van der Waals surface area contributed by atoms with Gasteiger partial charge in [0, 0.05) is 28.6 Å². The summed E-state index contributed by atoms with van der Waals surface area (Å²) in [5.41, 5.74) is 6.92. The van der Waals surface area contributed by atoms with E-state index in [-0.39, 0.29) is 11.6 Å². The molecule has 3 aromatic rings. The van der Waals surface area contributed by atoms with Gasteiger partial charge in [0.15, 0.2) is 5.76 Å². The van der Waals surface area contributed by atoms with Crippen molar-refractivity contribution in [3.05, 3.63) is 100 Å². The van der Waals surface area contributed by atoms with Gasteiger partial charge >= 0.3 is 5.97 Å². The van der Waals surface area contributed by atoms with Gasteiger partial charge in [-0.2, -0.15) is 0 Å². The molecule has 0 bridgehead atoms. The van der Waals surface area contributed by atoms with E-state index in [1.807, 2.05) is 31.2 Å². The molecule has 2 N–H and O–H groups in total. The Labute approximate surface area is 194 Å². The van der Waals surface area contributed by atoms with Crippen molar-refractivity contribution in [1.29, 1.82) is 0 Å². The molecule has 1 atom stereocenters. The minimum Gasteiger partial charge on any atom is -0.478 e. The first-order valence-corrected chi connectivity index (χ1v) is 11.1. The summed E-state index contributed by atoms with van der Waals surface area (Å²) >= 11 is 0. The minimum atomic E-state index is -0.961. The second kappa shape index (κ2) is 9.33. The highest BCUT2D eigenvalue weighted by Crippen LogP contribution is 2.46. The summed E-state index contributed by atoms with van der Waals surface area (Å²) in [7, 11) is 0. The van der Waals surface area contributed by atoms with Gasteiger partial charge in [0.25, 0.3) is 0 Å². The standard InChI is InChI=1S/C28H28N2O3/c1-5-10-20-18(3)26(25-13-8-9-14-29-25)33-27-22(15-17(2)16-23(20)27)19(4)30-24-12-7-6-11-21(24)28(31)32/h6-16,19,30H,5H2,1-4H3,(H,31,32)/b20-10-. The fraction of sp³-hybridized carbons (Fsp3) is 0.214. The molecule has 0 amide bonds. The number of ether oxygens (including phenoxy) is 1. The Morgan fingerprint density at radius 2 is 1.91 bits per heavy atom. The maximum atomic E-state index is 11.7. The summed E-state index contributed by atoms with van der Waals surface area (Å²) in [6.07, 6.45) is 4.88. The molecule has 1 aliphatic rings. The third kappa shape index (κ3) is 4.40. The zero-order valence-corrected chi connectivity index (χ0v) is 19.3. The average molecular weight is 441 g/mol. The molecule has 0 saturated heterocycles. The lowest BCUT2D eigenvalue weighted by Crippen LogP contribution is -2.16. The van der Waals surface area contributed by atoms with Gasteiger partial charge in [0.05, 0.1) is 11.6 Å². The van der Waals surface area contributed by atoms with Crippen molar-refractivity contribution in [1.82, 2.24) is 4.98 Å². The summed E-state index contributed by atoms with van der Waals surface area (Å²) < 4.78 is 6.55. The van der Waals surface area contributed by atoms with Crippen LogP contribution in [0.2, 0.25) is 0 Å². The van der Waals surface area contributed by atoms with Gasteiger partial charge in [-0.15, -0.1) is 0 Å². The SMILES string of the molecule is CC/C=C1/C(C)=C(c2ccccn2)Oc2c1cc(C)cc2C(C)Nc1ccccc1C(=O)O. The number of aromatic nitrogens is 1. The van der Waals surface area contributed by atoms with E-state index < -0.39 is 5.97 Å². The van der Waals surface area contributed by atoms with Crippen molar-refractivity contribution < 1.29 is 14.6 Å². The van der Waals surface area contributed by atoms with Gasteiger partial charge in [0.1, 0.15) is 11.4 Å². The Morgan fingerprint density at radius 1 is 1.15 bits per heavy atom. The highest BCUT2D eigenvalue weighted by molar-refractivity contribution is 5.95. The van der Waals surface area contributed by atoms with E-state index in [0.29, 0.717) is 5.69 Å². The van der Waals surface area contributed by atoms with Gasteiger partial charge in [-0.1, -0.05) is 37.3 Å². The van der Waals surface area contributed by atoms with Crippen molar-refractivity contribution in [2.75, 3.05) is 5.32 Å². The van der Waals surface area contributed by atoms with Crippen LogP contribution >= 0.6 is 0 Å². The number of benzene rings is 2. The highest BCUT2D eigenvalue weighted by atomic mass is 16.5. The fourth-order valence-electron chi connectivity index (χ4n) is 4.25. The Kier molecular flexibility index (Phi) is 6.31. The van der Waals surface area contributed by atoms with E-state index in [4.69, 9.17) is 4.74 Å². The third-order valence-electron chi connectivity index (χ3n) is 5.80. The molecule has 1 aliphatic heterocycles. The fourth-order valence-corrected chi connectivity index (χ4v) is 4.25. The molecule has 168 valence electrons. The molecule has 1 unspecified atom stereocenters. The smallest absolute Gasteiger partial charge is 0.337 e. The summed E-state index contributed by atoms with van der Waals surface area (Å²) in [5.74, 6) is 0.558. The normalized spacial score (nSPS) is 15.1. The molecule has 0 spiro atoms. The van der Waals surface area contributed by atoms with Crippen molar-refractivity contribution in [2.45, 2.75) is 40.2 Å². The topological polar surface area (TPSA) is 71.5 Å². The van der Waals surface area contributed by atoms with Gasteiger partial charge in [-0.3, -0.25) is 4.98 Å². The second-order valence-corrected chi connectivity index (χ2v) is 8.24. The van der Waals surface area contributed by atoms with Crippen LogP contribution in [0.5, 0.6) is 5.75 Å². The highest BCUT2D eigenvalue weighted by Gasteiger charge is 2.28. The Hall–Kier alpha value is -3.86. The summed E-state index contributed by atoms with van der Waals surface area (Å²) in [5, 5.41) is 13.0. The van der Waals surface area contributed by atoms with Gasteiger partial charge in [0.2, 0.25) is 0 Å². The second-order valence-electron chi connectivity index (χ2n) is 8.24. The quantitative estimate of drug-likeness (QED) is 0.437. The predicted molar refractivity (Wildman–Crippen MR) is 132 cm³/mol. The molecule has 0 saturated carbocycles. The molecule has 2 aromatic carbocycles. The van der Waals surface area contributed by atoms with Crippen LogP contribution < -0.4 is 10.1 Å². The predicted octanol–water partition coefficient (Wildman–Crippen LogP) is 6.88. The largest absolute Gasteiger partial charge is 0.478 e. The van der Waals surface area contributed by atoms with E-state index >= 15 is 0 Å².